The topological polar surface area (TPSA) is 64.1 Å². The van der Waals surface area contributed by atoms with Crippen LogP contribution in [0.15, 0.2) is 24.3 Å². The number of anilines is 1. The molecule has 0 unspecified atom stereocenters. The monoisotopic (exact) mass is 471 g/mol. The second-order valence-corrected chi connectivity index (χ2v) is 8.81. The molecule has 0 N–H and O–H groups in total. The van der Waals surface area contributed by atoms with Gasteiger partial charge in [0, 0.05) is 18.7 Å². The number of aromatic nitrogens is 1. The van der Waals surface area contributed by atoms with E-state index in [2.05, 4.69) is 44.7 Å². The van der Waals surface area contributed by atoms with Crippen LogP contribution in [-0.4, -0.2) is 63.3 Å². The van der Waals surface area contributed by atoms with Crippen molar-refractivity contribution in [3.05, 3.63) is 41.0 Å². The van der Waals surface area contributed by atoms with Crippen LogP contribution in [0.3, 0.4) is 0 Å². The molecule has 0 bridgehead atoms. The van der Waals surface area contributed by atoms with Gasteiger partial charge < -0.3 is 19.1 Å². The van der Waals surface area contributed by atoms with E-state index in [9.17, 15) is 4.79 Å². The molecule has 0 saturated carbocycles. The Bertz CT molecular complexity index is 1060. The number of hydrogen-bond donors (Lipinski definition) is 0. The third kappa shape index (κ3) is 5.23. The van der Waals surface area contributed by atoms with Crippen LogP contribution in [0.5, 0.6) is 17.2 Å². The molecular formula is C25H33N3O4S. The summed E-state index contributed by atoms with van der Waals surface area (Å²) in [4.78, 5) is 22.7. The Morgan fingerprint density at radius 3 is 2.06 bits per heavy atom. The molecule has 1 aromatic heterocycles. The van der Waals surface area contributed by atoms with Gasteiger partial charge in [-0.2, -0.15) is 0 Å². The van der Waals surface area contributed by atoms with Crippen LogP contribution in [0.2, 0.25) is 0 Å². The molecule has 0 radical (unpaired) electrons. The van der Waals surface area contributed by atoms with Crippen molar-refractivity contribution in [1.82, 2.24) is 9.88 Å². The Balaban J connectivity index is 2.07. The van der Waals surface area contributed by atoms with Crippen molar-refractivity contribution in [3.63, 3.8) is 0 Å². The molecule has 1 heterocycles. The fourth-order valence-electron chi connectivity index (χ4n) is 3.71. The van der Waals surface area contributed by atoms with Crippen molar-refractivity contribution >= 4 is 32.6 Å². The van der Waals surface area contributed by atoms with E-state index in [4.69, 9.17) is 19.2 Å². The maximum absolute atomic E-state index is 13.8. The number of aryl methyl sites for hydroxylation is 2. The summed E-state index contributed by atoms with van der Waals surface area (Å²) in [5.41, 5.74) is 3.76. The highest BCUT2D eigenvalue weighted by Crippen LogP contribution is 2.39. The summed E-state index contributed by atoms with van der Waals surface area (Å²) in [6, 6.07) is 7.60. The highest BCUT2D eigenvalue weighted by molar-refractivity contribution is 7.22. The number of likely N-dealkylation sites (N-methyl/N-ethyl adjacent to an activating group) is 1. The first-order chi connectivity index (χ1) is 15.9. The lowest BCUT2D eigenvalue weighted by Crippen LogP contribution is -2.38. The molecule has 3 aromatic rings. The Labute approximate surface area is 199 Å². The summed E-state index contributed by atoms with van der Waals surface area (Å²) in [5, 5.41) is 0.681. The number of fused-ring (bicyclic) bond motifs is 1. The fraction of sp³-hybridized carbons (Fsp3) is 0.440. The number of methoxy groups -OCH3 is 3. The maximum Gasteiger partial charge on any atom is 0.260 e. The van der Waals surface area contributed by atoms with Gasteiger partial charge in [0.05, 0.1) is 31.5 Å². The van der Waals surface area contributed by atoms with Crippen LogP contribution in [0.25, 0.3) is 10.2 Å². The van der Waals surface area contributed by atoms with E-state index >= 15 is 0 Å². The van der Waals surface area contributed by atoms with E-state index < -0.39 is 0 Å². The average molecular weight is 472 g/mol. The zero-order chi connectivity index (χ0) is 24.1. The Kier molecular flexibility index (Phi) is 8.15. The van der Waals surface area contributed by atoms with E-state index in [0.717, 1.165) is 29.9 Å². The Hall–Kier alpha value is -2.84. The normalized spacial score (nSPS) is 11.2. The van der Waals surface area contributed by atoms with Gasteiger partial charge in [-0.3, -0.25) is 9.69 Å². The first kappa shape index (κ1) is 24.8. The standard InChI is InChI=1S/C25H33N3O4S/c1-8-27(9-2)10-11-28(25-26-19-12-16(3)17(4)13-22(19)33-25)24(29)18-14-20(30-5)23(32-7)21(15-18)31-6/h12-15H,8-11H2,1-7H3. The minimum Gasteiger partial charge on any atom is -0.493 e. The number of hydrogen-bond acceptors (Lipinski definition) is 7. The summed E-state index contributed by atoms with van der Waals surface area (Å²) < 4.78 is 17.4. The molecule has 0 spiro atoms. The van der Waals surface area contributed by atoms with Crippen LogP contribution in [0.1, 0.15) is 35.3 Å². The van der Waals surface area contributed by atoms with Gasteiger partial charge in [-0.25, -0.2) is 4.98 Å². The second-order valence-electron chi connectivity index (χ2n) is 7.80. The second kappa shape index (κ2) is 10.9. The summed E-state index contributed by atoms with van der Waals surface area (Å²) in [6.45, 7) is 11.5. The zero-order valence-electron chi connectivity index (χ0n) is 20.5. The molecule has 0 aliphatic rings. The van der Waals surface area contributed by atoms with Crippen molar-refractivity contribution in [3.8, 4) is 17.2 Å². The SMILES string of the molecule is CCN(CC)CCN(C(=O)c1cc(OC)c(OC)c(OC)c1)c1nc2cc(C)c(C)cc2s1. The van der Waals surface area contributed by atoms with Gasteiger partial charge in [0.15, 0.2) is 16.6 Å². The smallest absolute Gasteiger partial charge is 0.260 e. The molecule has 178 valence electrons. The van der Waals surface area contributed by atoms with Gasteiger partial charge in [-0.05, 0) is 62.3 Å². The van der Waals surface area contributed by atoms with Gasteiger partial charge >= 0.3 is 0 Å². The number of carbonyl (C=O) groups excluding carboxylic acids is 1. The lowest BCUT2D eigenvalue weighted by Gasteiger charge is -2.25. The molecule has 0 fully saturated rings. The van der Waals surface area contributed by atoms with E-state index in [1.54, 1.807) is 38.4 Å². The minimum atomic E-state index is -0.158. The van der Waals surface area contributed by atoms with E-state index in [1.165, 1.54) is 22.5 Å². The molecular weight excluding hydrogens is 438 g/mol. The summed E-state index contributed by atoms with van der Waals surface area (Å²) in [6.07, 6.45) is 0. The summed E-state index contributed by atoms with van der Waals surface area (Å²) in [7, 11) is 4.63. The van der Waals surface area contributed by atoms with E-state index in [1.807, 2.05) is 0 Å². The van der Waals surface area contributed by atoms with E-state index in [0.29, 0.717) is 34.5 Å². The molecule has 0 atom stereocenters. The first-order valence-corrected chi connectivity index (χ1v) is 11.9. The largest absolute Gasteiger partial charge is 0.493 e. The van der Waals surface area contributed by atoms with Crippen LogP contribution in [0, 0.1) is 13.8 Å². The number of rotatable bonds is 10. The number of amides is 1. The lowest BCUT2D eigenvalue weighted by atomic mass is 10.1. The molecule has 0 aliphatic carbocycles. The molecule has 1 amide bonds. The average Bonchev–Trinajstić information content (AvgIpc) is 3.22. The van der Waals surface area contributed by atoms with Crippen molar-refractivity contribution in [2.45, 2.75) is 27.7 Å². The highest BCUT2D eigenvalue weighted by atomic mass is 32.1. The first-order valence-electron chi connectivity index (χ1n) is 11.1. The van der Waals surface area contributed by atoms with Crippen LogP contribution < -0.4 is 19.1 Å². The number of ether oxygens (including phenoxy) is 3. The maximum atomic E-state index is 13.8. The number of nitrogens with zero attached hydrogens (tertiary/aromatic N) is 3. The summed E-state index contributed by atoms with van der Waals surface area (Å²) in [5.74, 6) is 1.19. The summed E-state index contributed by atoms with van der Waals surface area (Å²) >= 11 is 1.53. The Morgan fingerprint density at radius 2 is 1.52 bits per heavy atom. The molecule has 2 aromatic carbocycles. The predicted octanol–water partition coefficient (Wildman–Crippen LogP) is 4.93. The lowest BCUT2D eigenvalue weighted by molar-refractivity contribution is 0.0983. The van der Waals surface area contributed by atoms with Crippen molar-refractivity contribution in [1.29, 1.82) is 0 Å². The van der Waals surface area contributed by atoms with Crippen LogP contribution in [-0.2, 0) is 0 Å². The van der Waals surface area contributed by atoms with Crippen molar-refractivity contribution < 1.29 is 19.0 Å². The van der Waals surface area contributed by atoms with Crippen LogP contribution in [0.4, 0.5) is 5.13 Å². The predicted molar refractivity (Wildman–Crippen MR) is 135 cm³/mol. The molecule has 7 nitrogen and oxygen atoms in total. The number of carbonyl (C=O) groups is 1. The molecule has 0 aliphatic heterocycles. The van der Waals surface area contributed by atoms with Crippen molar-refractivity contribution in [2.24, 2.45) is 0 Å². The van der Waals surface area contributed by atoms with E-state index in [-0.39, 0.29) is 5.91 Å². The van der Waals surface area contributed by atoms with Crippen molar-refractivity contribution in [2.75, 3.05) is 52.4 Å². The highest BCUT2D eigenvalue weighted by Gasteiger charge is 2.25. The fourth-order valence-corrected chi connectivity index (χ4v) is 4.78. The molecule has 33 heavy (non-hydrogen) atoms. The van der Waals surface area contributed by atoms with Crippen LogP contribution >= 0.6 is 11.3 Å². The van der Waals surface area contributed by atoms with Gasteiger partial charge in [-0.1, -0.05) is 25.2 Å². The third-order valence-corrected chi connectivity index (χ3v) is 6.96. The van der Waals surface area contributed by atoms with Gasteiger partial charge in [0.25, 0.3) is 5.91 Å². The minimum absolute atomic E-state index is 0.158. The molecule has 0 saturated heterocycles. The number of thiazole rings is 1. The van der Waals surface area contributed by atoms with Gasteiger partial charge in [0.2, 0.25) is 5.75 Å². The van der Waals surface area contributed by atoms with Gasteiger partial charge in [0.1, 0.15) is 0 Å². The zero-order valence-corrected chi connectivity index (χ0v) is 21.3. The third-order valence-electron chi connectivity index (χ3n) is 5.91. The quantitative estimate of drug-likeness (QED) is 0.418. The molecule has 3 rings (SSSR count). The van der Waals surface area contributed by atoms with Gasteiger partial charge in [-0.15, -0.1) is 0 Å². The number of benzene rings is 2. The molecule has 8 heteroatoms. The Morgan fingerprint density at radius 1 is 0.909 bits per heavy atom.